The predicted octanol–water partition coefficient (Wildman–Crippen LogP) is 1.50. The van der Waals surface area contributed by atoms with Crippen LogP contribution in [-0.2, 0) is 16.4 Å². The molecule has 0 radical (unpaired) electrons. The van der Waals surface area contributed by atoms with Gasteiger partial charge in [0.1, 0.15) is 5.75 Å². The van der Waals surface area contributed by atoms with Gasteiger partial charge in [-0.1, -0.05) is 30.3 Å². The van der Waals surface area contributed by atoms with Gasteiger partial charge in [0, 0.05) is 6.54 Å². The summed E-state index contributed by atoms with van der Waals surface area (Å²) in [6.07, 6.45) is 0.605. The van der Waals surface area contributed by atoms with Gasteiger partial charge in [-0.15, -0.1) is 0 Å². The van der Waals surface area contributed by atoms with Crippen molar-refractivity contribution >= 4 is 15.7 Å². The number of hydrogen-bond donors (Lipinski definition) is 3. The Morgan fingerprint density at radius 1 is 1.10 bits per heavy atom. The van der Waals surface area contributed by atoms with Crippen molar-refractivity contribution in [3.8, 4) is 5.75 Å². The SMILES string of the molecule is Nc1cc(S(=O)(=O)NCCc2ccccc2)ccc1O. The van der Waals surface area contributed by atoms with Gasteiger partial charge < -0.3 is 10.8 Å². The molecule has 0 aromatic heterocycles. The first-order valence-electron chi connectivity index (χ1n) is 6.11. The lowest BCUT2D eigenvalue weighted by Gasteiger charge is -2.08. The minimum absolute atomic E-state index is 0.0379. The van der Waals surface area contributed by atoms with Crippen molar-refractivity contribution in [3.63, 3.8) is 0 Å². The van der Waals surface area contributed by atoms with Gasteiger partial charge >= 0.3 is 0 Å². The smallest absolute Gasteiger partial charge is 0.240 e. The molecule has 0 heterocycles. The number of rotatable bonds is 5. The van der Waals surface area contributed by atoms with Gasteiger partial charge in [0.05, 0.1) is 10.6 Å². The van der Waals surface area contributed by atoms with Gasteiger partial charge in [-0.2, -0.15) is 0 Å². The molecule has 0 spiro atoms. The Morgan fingerprint density at radius 3 is 2.45 bits per heavy atom. The van der Waals surface area contributed by atoms with E-state index in [0.717, 1.165) is 5.56 Å². The first kappa shape index (κ1) is 14.4. The third-order valence-corrected chi connectivity index (χ3v) is 4.32. The fourth-order valence-electron chi connectivity index (χ4n) is 1.76. The monoisotopic (exact) mass is 292 g/mol. The van der Waals surface area contributed by atoms with E-state index in [-0.39, 0.29) is 16.3 Å². The fourth-order valence-corrected chi connectivity index (χ4v) is 2.82. The number of phenols is 1. The molecule has 0 amide bonds. The highest BCUT2D eigenvalue weighted by atomic mass is 32.2. The summed E-state index contributed by atoms with van der Waals surface area (Å²) in [6, 6.07) is 13.4. The normalized spacial score (nSPS) is 11.4. The van der Waals surface area contributed by atoms with Crippen LogP contribution in [0.3, 0.4) is 0 Å². The molecule has 0 bridgehead atoms. The number of benzene rings is 2. The molecule has 0 atom stereocenters. The average molecular weight is 292 g/mol. The Labute approximate surface area is 118 Å². The van der Waals surface area contributed by atoms with E-state index in [4.69, 9.17) is 5.73 Å². The summed E-state index contributed by atoms with van der Waals surface area (Å²) < 4.78 is 26.6. The molecule has 6 heteroatoms. The number of nitrogens with one attached hydrogen (secondary N) is 1. The number of anilines is 1. The lowest BCUT2D eigenvalue weighted by Crippen LogP contribution is -2.26. The molecule has 2 aromatic carbocycles. The maximum Gasteiger partial charge on any atom is 0.240 e. The zero-order valence-corrected chi connectivity index (χ0v) is 11.6. The summed E-state index contributed by atoms with van der Waals surface area (Å²) >= 11 is 0. The number of aromatic hydroxyl groups is 1. The van der Waals surface area contributed by atoms with Crippen molar-refractivity contribution in [1.29, 1.82) is 0 Å². The lowest BCUT2D eigenvalue weighted by molar-refractivity contribution is 0.477. The van der Waals surface area contributed by atoms with Crippen LogP contribution in [0.1, 0.15) is 5.56 Å². The largest absolute Gasteiger partial charge is 0.506 e. The molecular formula is C14H16N2O3S. The second-order valence-corrected chi connectivity index (χ2v) is 6.12. The van der Waals surface area contributed by atoms with E-state index in [1.807, 2.05) is 30.3 Å². The standard InChI is InChI=1S/C14H16N2O3S/c15-13-10-12(6-7-14(13)17)20(18,19)16-9-8-11-4-2-1-3-5-11/h1-7,10,16-17H,8-9,15H2. The molecule has 4 N–H and O–H groups in total. The summed E-state index contributed by atoms with van der Waals surface area (Å²) in [5.74, 6) is -0.131. The van der Waals surface area contributed by atoms with Gasteiger partial charge in [0.2, 0.25) is 10.0 Å². The van der Waals surface area contributed by atoms with E-state index in [2.05, 4.69) is 4.72 Å². The molecule has 2 aromatic rings. The fraction of sp³-hybridized carbons (Fsp3) is 0.143. The van der Waals surface area contributed by atoms with Crippen molar-refractivity contribution in [1.82, 2.24) is 4.72 Å². The van der Waals surface area contributed by atoms with E-state index in [1.165, 1.54) is 18.2 Å². The number of nitrogens with two attached hydrogens (primary N) is 1. The number of sulfonamides is 1. The maximum absolute atomic E-state index is 12.0. The quantitative estimate of drug-likeness (QED) is 0.575. The number of phenolic OH excluding ortho intramolecular Hbond substituents is 1. The molecule has 0 saturated carbocycles. The Hall–Kier alpha value is -2.05. The molecule has 106 valence electrons. The first-order valence-corrected chi connectivity index (χ1v) is 7.59. The van der Waals surface area contributed by atoms with Crippen LogP contribution in [-0.4, -0.2) is 20.1 Å². The van der Waals surface area contributed by atoms with Crippen LogP contribution >= 0.6 is 0 Å². The summed E-state index contributed by atoms with van der Waals surface area (Å²) in [7, 11) is -3.61. The van der Waals surface area contributed by atoms with Crippen molar-refractivity contribution in [2.24, 2.45) is 0 Å². The lowest BCUT2D eigenvalue weighted by atomic mass is 10.2. The van der Waals surface area contributed by atoms with Gasteiger partial charge in [-0.25, -0.2) is 13.1 Å². The molecule has 0 unspecified atom stereocenters. The van der Waals surface area contributed by atoms with Gasteiger partial charge in [0.15, 0.2) is 0 Å². The van der Waals surface area contributed by atoms with Crippen molar-refractivity contribution < 1.29 is 13.5 Å². The molecular weight excluding hydrogens is 276 g/mol. The van der Waals surface area contributed by atoms with Crippen molar-refractivity contribution in [3.05, 3.63) is 54.1 Å². The Kier molecular flexibility index (Phi) is 4.26. The maximum atomic E-state index is 12.0. The van der Waals surface area contributed by atoms with Crippen LogP contribution in [0.4, 0.5) is 5.69 Å². The summed E-state index contributed by atoms with van der Waals surface area (Å²) in [6.45, 7) is 0.299. The van der Waals surface area contributed by atoms with Gasteiger partial charge in [-0.05, 0) is 30.2 Å². The third-order valence-electron chi connectivity index (χ3n) is 2.86. The molecule has 2 rings (SSSR count). The number of hydrogen-bond acceptors (Lipinski definition) is 4. The zero-order valence-electron chi connectivity index (χ0n) is 10.8. The highest BCUT2D eigenvalue weighted by Gasteiger charge is 2.14. The van der Waals surface area contributed by atoms with Crippen LogP contribution in [0.15, 0.2) is 53.4 Å². The molecule has 0 aliphatic rings. The summed E-state index contributed by atoms with van der Waals surface area (Å²) in [5.41, 5.74) is 6.59. The summed E-state index contributed by atoms with van der Waals surface area (Å²) in [5, 5.41) is 9.29. The minimum atomic E-state index is -3.61. The van der Waals surface area contributed by atoms with Crippen LogP contribution in [0, 0.1) is 0 Å². The van der Waals surface area contributed by atoms with Gasteiger partial charge in [0.25, 0.3) is 0 Å². The first-order chi connectivity index (χ1) is 9.49. The Balaban J connectivity index is 2.02. The van der Waals surface area contributed by atoms with E-state index in [0.29, 0.717) is 13.0 Å². The van der Waals surface area contributed by atoms with E-state index in [1.54, 1.807) is 0 Å². The van der Waals surface area contributed by atoms with E-state index in [9.17, 15) is 13.5 Å². The molecule has 5 nitrogen and oxygen atoms in total. The van der Waals surface area contributed by atoms with Crippen molar-refractivity contribution in [2.45, 2.75) is 11.3 Å². The molecule has 0 aliphatic heterocycles. The number of nitrogen functional groups attached to an aromatic ring is 1. The molecule has 20 heavy (non-hydrogen) atoms. The van der Waals surface area contributed by atoms with Crippen molar-refractivity contribution in [2.75, 3.05) is 12.3 Å². The highest BCUT2D eigenvalue weighted by molar-refractivity contribution is 7.89. The second-order valence-electron chi connectivity index (χ2n) is 4.35. The predicted molar refractivity (Wildman–Crippen MR) is 77.9 cm³/mol. The van der Waals surface area contributed by atoms with Crippen LogP contribution in [0.25, 0.3) is 0 Å². The van der Waals surface area contributed by atoms with Gasteiger partial charge in [-0.3, -0.25) is 0 Å². The zero-order chi connectivity index (χ0) is 14.6. The van der Waals surface area contributed by atoms with E-state index < -0.39 is 10.0 Å². The highest BCUT2D eigenvalue weighted by Crippen LogP contribution is 2.22. The van der Waals surface area contributed by atoms with Crippen LogP contribution < -0.4 is 10.5 Å². The topological polar surface area (TPSA) is 92.4 Å². The molecule has 0 aliphatic carbocycles. The summed E-state index contributed by atoms with van der Waals surface area (Å²) in [4.78, 5) is 0.0425. The second kappa shape index (κ2) is 5.94. The van der Waals surface area contributed by atoms with Crippen LogP contribution in [0.5, 0.6) is 5.75 Å². The minimum Gasteiger partial charge on any atom is -0.506 e. The van der Waals surface area contributed by atoms with Crippen LogP contribution in [0.2, 0.25) is 0 Å². The Bertz CT molecular complexity index is 685. The molecule has 0 fully saturated rings. The third kappa shape index (κ3) is 3.49. The molecule has 0 saturated heterocycles. The Morgan fingerprint density at radius 2 is 1.80 bits per heavy atom. The average Bonchev–Trinajstić information content (AvgIpc) is 2.43. The van der Waals surface area contributed by atoms with E-state index >= 15 is 0 Å².